The molecule has 2 atom stereocenters. The second-order valence-electron chi connectivity index (χ2n) is 6.20. The van der Waals surface area contributed by atoms with Gasteiger partial charge in [0.2, 0.25) is 11.8 Å². The average molecular weight is 283 g/mol. The lowest BCUT2D eigenvalue weighted by molar-refractivity contribution is -0.143. The first kappa shape index (κ1) is 13.8. The standard InChI is InChI=1S/C17H17NO3/c1-17(2)13-14(17)16(21)18(15(13)20)10-12-6-3-5-11(9-12)7-4-8-19/h3,5-6,9,13-14,19H,8,10H2,1-2H3. The van der Waals surface area contributed by atoms with E-state index in [0.717, 1.165) is 11.1 Å². The van der Waals surface area contributed by atoms with Gasteiger partial charge >= 0.3 is 0 Å². The van der Waals surface area contributed by atoms with Gasteiger partial charge in [0.25, 0.3) is 0 Å². The van der Waals surface area contributed by atoms with Crippen LogP contribution in [0, 0.1) is 29.1 Å². The Kier molecular flexibility index (Phi) is 3.11. The summed E-state index contributed by atoms with van der Waals surface area (Å²) < 4.78 is 0. The number of carbonyl (C=O) groups is 2. The number of amides is 2. The Morgan fingerprint density at radius 2 is 1.90 bits per heavy atom. The van der Waals surface area contributed by atoms with Gasteiger partial charge < -0.3 is 5.11 Å². The molecule has 1 aliphatic carbocycles. The molecule has 2 fully saturated rings. The summed E-state index contributed by atoms with van der Waals surface area (Å²) in [4.78, 5) is 25.9. The van der Waals surface area contributed by atoms with Crippen molar-refractivity contribution in [2.75, 3.05) is 6.61 Å². The van der Waals surface area contributed by atoms with Crippen LogP contribution in [0.2, 0.25) is 0 Å². The number of hydrogen-bond donors (Lipinski definition) is 1. The van der Waals surface area contributed by atoms with Crippen LogP contribution in [-0.2, 0) is 16.1 Å². The van der Waals surface area contributed by atoms with Gasteiger partial charge in [-0.05, 0) is 23.1 Å². The van der Waals surface area contributed by atoms with Crippen molar-refractivity contribution in [2.24, 2.45) is 17.3 Å². The molecular formula is C17H17NO3. The van der Waals surface area contributed by atoms with E-state index in [1.807, 2.05) is 38.1 Å². The zero-order valence-corrected chi connectivity index (χ0v) is 12.1. The molecule has 1 heterocycles. The monoisotopic (exact) mass is 283 g/mol. The fraction of sp³-hybridized carbons (Fsp3) is 0.412. The topological polar surface area (TPSA) is 57.6 Å². The van der Waals surface area contributed by atoms with Crippen molar-refractivity contribution in [3.63, 3.8) is 0 Å². The van der Waals surface area contributed by atoms with Crippen LogP contribution in [0.4, 0.5) is 0 Å². The molecule has 2 amide bonds. The molecule has 1 aliphatic heterocycles. The van der Waals surface area contributed by atoms with Crippen molar-refractivity contribution in [2.45, 2.75) is 20.4 Å². The average Bonchev–Trinajstić information content (AvgIpc) is 2.93. The summed E-state index contributed by atoms with van der Waals surface area (Å²) in [6.45, 7) is 4.06. The first-order chi connectivity index (χ1) is 9.96. The molecule has 0 bridgehead atoms. The molecule has 4 heteroatoms. The molecule has 2 aliphatic rings. The van der Waals surface area contributed by atoms with Crippen LogP contribution < -0.4 is 0 Å². The smallest absolute Gasteiger partial charge is 0.233 e. The summed E-state index contributed by atoms with van der Waals surface area (Å²) >= 11 is 0. The molecule has 4 nitrogen and oxygen atoms in total. The number of carbonyl (C=O) groups excluding carboxylic acids is 2. The Morgan fingerprint density at radius 3 is 2.52 bits per heavy atom. The molecule has 0 aromatic heterocycles. The summed E-state index contributed by atoms with van der Waals surface area (Å²) in [5, 5.41) is 8.71. The van der Waals surface area contributed by atoms with E-state index in [0.29, 0.717) is 6.54 Å². The number of likely N-dealkylation sites (tertiary alicyclic amines) is 1. The Morgan fingerprint density at radius 1 is 1.24 bits per heavy atom. The number of fused-ring (bicyclic) bond motifs is 1. The maximum atomic E-state index is 12.3. The number of benzene rings is 1. The molecule has 1 aromatic carbocycles. The van der Waals surface area contributed by atoms with Crippen molar-refractivity contribution in [3.05, 3.63) is 35.4 Å². The van der Waals surface area contributed by atoms with E-state index < -0.39 is 0 Å². The van der Waals surface area contributed by atoms with E-state index in [-0.39, 0.29) is 35.7 Å². The molecular weight excluding hydrogens is 266 g/mol. The van der Waals surface area contributed by atoms with Gasteiger partial charge in [0, 0.05) is 5.56 Å². The SMILES string of the molecule is CC1(C)C2C(=O)N(Cc3cccc(C#CCO)c3)C(=O)C21. The lowest BCUT2D eigenvalue weighted by Crippen LogP contribution is -2.35. The highest BCUT2D eigenvalue weighted by Gasteiger charge is 2.72. The molecule has 1 aromatic rings. The number of hydrogen-bond acceptors (Lipinski definition) is 3. The predicted octanol–water partition coefficient (Wildman–Crippen LogP) is 1.17. The third-order valence-electron chi connectivity index (χ3n) is 4.47. The zero-order chi connectivity index (χ0) is 15.2. The molecule has 1 N–H and O–H groups in total. The van der Waals surface area contributed by atoms with Gasteiger partial charge in [-0.3, -0.25) is 14.5 Å². The lowest BCUT2D eigenvalue weighted by atomic mass is 10.0. The molecule has 21 heavy (non-hydrogen) atoms. The second-order valence-corrected chi connectivity index (χ2v) is 6.20. The van der Waals surface area contributed by atoms with E-state index in [1.54, 1.807) is 0 Å². The number of aliphatic hydroxyl groups is 1. The molecule has 0 spiro atoms. The maximum absolute atomic E-state index is 12.3. The summed E-state index contributed by atoms with van der Waals surface area (Å²) in [6.07, 6.45) is 0. The highest BCUT2D eigenvalue weighted by atomic mass is 16.2. The van der Waals surface area contributed by atoms with Crippen LogP contribution in [0.5, 0.6) is 0 Å². The van der Waals surface area contributed by atoms with Crippen LogP contribution in [0.15, 0.2) is 24.3 Å². The van der Waals surface area contributed by atoms with E-state index >= 15 is 0 Å². The molecule has 108 valence electrons. The highest BCUT2D eigenvalue weighted by molar-refractivity contribution is 6.10. The third-order valence-corrected chi connectivity index (χ3v) is 4.47. The number of rotatable bonds is 2. The minimum absolute atomic E-state index is 0.0538. The number of nitrogens with zero attached hydrogens (tertiary/aromatic N) is 1. The fourth-order valence-electron chi connectivity index (χ4n) is 3.23. The summed E-state index contributed by atoms with van der Waals surface area (Å²) in [5.74, 6) is 5.03. The van der Waals surface area contributed by atoms with Crippen LogP contribution >= 0.6 is 0 Å². The largest absolute Gasteiger partial charge is 0.384 e. The normalized spacial score (nSPS) is 25.4. The van der Waals surface area contributed by atoms with E-state index in [4.69, 9.17) is 5.11 Å². The predicted molar refractivity (Wildman–Crippen MR) is 76.7 cm³/mol. The molecule has 2 unspecified atom stereocenters. The molecule has 3 rings (SSSR count). The second kappa shape index (κ2) is 4.71. The highest BCUT2D eigenvalue weighted by Crippen LogP contribution is 2.63. The summed E-state index contributed by atoms with van der Waals surface area (Å²) in [7, 11) is 0. The van der Waals surface area contributed by atoms with Crippen molar-refractivity contribution >= 4 is 11.8 Å². The quantitative estimate of drug-likeness (QED) is 0.655. The van der Waals surface area contributed by atoms with Crippen LogP contribution in [0.25, 0.3) is 0 Å². The first-order valence-electron chi connectivity index (χ1n) is 7.00. The Balaban J connectivity index is 1.77. The molecule has 1 saturated heterocycles. The van der Waals surface area contributed by atoms with Gasteiger partial charge in [-0.2, -0.15) is 0 Å². The third kappa shape index (κ3) is 2.14. The summed E-state index contributed by atoms with van der Waals surface area (Å²) in [6, 6.07) is 7.39. The maximum Gasteiger partial charge on any atom is 0.233 e. The van der Waals surface area contributed by atoms with Gasteiger partial charge in [-0.15, -0.1) is 0 Å². The summed E-state index contributed by atoms with van der Waals surface area (Å²) in [5.41, 5.74) is 1.48. The lowest BCUT2D eigenvalue weighted by Gasteiger charge is -2.20. The van der Waals surface area contributed by atoms with Crippen molar-refractivity contribution in [1.29, 1.82) is 0 Å². The number of imide groups is 1. The van der Waals surface area contributed by atoms with Crippen molar-refractivity contribution in [3.8, 4) is 11.8 Å². The van der Waals surface area contributed by atoms with Crippen LogP contribution in [0.3, 0.4) is 0 Å². The molecule has 0 radical (unpaired) electrons. The minimum atomic E-state index is -0.189. The number of piperidine rings is 1. The van der Waals surface area contributed by atoms with Crippen molar-refractivity contribution in [1.82, 2.24) is 4.90 Å². The molecule has 1 saturated carbocycles. The first-order valence-corrected chi connectivity index (χ1v) is 7.00. The van der Waals surface area contributed by atoms with E-state index in [9.17, 15) is 9.59 Å². The van der Waals surface area contributed by atoms with Gasteiger partial charge in [0.1, 0.15) is 6.61 Å². The Hall–Kier alpha value is -2.12. The van der Waals surface area contributed by atoms with Gasteiger partial charge in [-0.25, -0.2) is 0 Å². The Bertz CT molecular complexity index is 657. The van der Waals surface area contributed by atoms with Gasteiger partial charge in [-0.1, -0.05) is 37.8 Å². The number of aliphatic hydroxyl groups excluding tert-OH is 1. The van der Waals surface area contributed by atoms with E-state index in [1.165, 1.54) is 4.90 Å². The van der Waals surface area contributed by atoms with E-state index in [2.05, 4.69) is 11.8 Å². The Labute approximate surface area is 123 Å². The van der Waals surface area contributed by atoms with Gasteiger partial charge in [0.05, 0.1) is 18.4 Å². The van der Waals surface area contributed by atoms with Crippen LogP contribution in [-0.4, -0.2) is 28.4 Å². The fourth-order valence-corrected chi connectivity index (χ4v) is 3.23. The van der Waals surface area contributed by atoms with Crippen molar-refractivity contribution < 1.29 is 14.7 Å². The zero-order valence-electron chi connectivity index (χ0n) is 12.1. The van der Waals surface area contributed by atoms with Crippen LogP contribution in [0.1, 0.15) is 25.0 Å². The van der Waals surface area contributed by atoms with Gasteiger partial charge in [0.15, 0.2) is 0 Å². The minimum Gasteiger partial charge on any atom is -0.384 e.